The minimum Gasteiger partial charge on any atom is -0.422 e. The molecule has 10 aromatic rings. The lowest BCUT2D eigenvalue weighted by Gasteiger charge is -2.23. The van der Waals surface area contributed by atoms with Crippen LogP contribution in [0.3, 0.4) is 0 Å². The van der Waals surface area contributed by atoms with Gasteiger partial charge in [-0.05, 0) is 114 Å². The highest BCUT2D eigenvalue weighted by Gasteiger charge is 2.26. The van der Waals surface area contributed by atoms with Gasteiger partial charge >= 0.3 is 11.9 Å². The van der Waals surface area contributed by atoms with Gasteiger partial charge in [-0.3, -0.25) is 0 Å². The second-order valence-electron chi connectivity index (χ2n) is 19.4. The van der Waals surface area contributed by atoms with Crippen LogP contribution in [0.25, 0.3) is 75.8 Å². The Balaban J connectivity index is 1.23. The molecule has 4 nitrogen and oxygen atoms in total. The molecule has 0 saturated carbocycles. The summed E-state index contributed by atoms with van der Waals surface area (Å²) in [6.45, 7) is 9.15. The molecule has 10 aromatic carbocycles. The van der Waals surface area contributed by atoms with Gasteiger partial charge in [-0.2, -0.15) is 0 Å². The first-order valence-corrected chi connectivity index (χ1v) is 25.7. The molecule has 70 heavy (non-hydrogen) atoms. The average Bonchev–Trinajstić information content (AvgIpc) is 3.40. The van der Waals surface area contributed by atoms with Crippen molar-refractivity contribution in [1.29, 1.82) is 0 Å². The number of unbranched alkanes of at least 4 members (excludes halogenated alkanes) is 2. The van der Waals surface area contributed by atoms with E-state index in [1.165, 1.54) is 49.7 Å². The highest BCUT2D eigenvalue weighted by Crippen LogP contribution is 2.51. The van der Waals surface area contributed by atoms with Crippen molar-refractivity contribution in [3.8, 4) is 22.6 Å². The molecule has 2 unspecified atom stereocenters. The Labute approximate surface area is 412 Å². The number of esters is 2. The molecule has 0 saturated heterocycles. The minimum atomic E-state index is -0.397. The van der Waals surface area contributed by atoms with E-state index in [1.807, 2.05) is 84.9 Å². The molecule has 10 rings (SSSR count). The Bertz CT molecular complexity index is 3330. The van der Waals surface area contributed by atoms with Gasteiger partial charge in [-0.15, -0.1) is 0 Å². The first kappa shape index (κ1) is 46.4. The van der Waals surface area contributed by atoms with Gasteiger partial charge < -0.3 is 9.47 Å². The number of benzene rings is 10. The van der Waals surface area contributed by atoms with Gasteiger partial charge in [0.25, 0.3) is 0 Å². The molecular weight excluding hydrogens is 857 g/mol. The Morgan fingerprint density at radius 1 is 0.386 bits per heavy atom. The molecule has 350 valence electrons. The molecule has 0 aliphatic heterocycles. The van der Waals surface area contributed by atoms with Crippen LogP contribution in [0, 0.1) is 11.8 Å². The molecule has 0 aromatic heterocycles. The summed E-state index contributed by atoms with van der Waals surface area (Å²) in [5.74, 6) is 1.40. The Morgan fingerprint density at radius 2 is 0.757 bits per heavy atom. The van der Waals surface area contributed by atoms with Gasteiger partial charge in [-0.1, -0.05) is 225 Å². The second kappa shape index (κ2) is 20.7. The number of rotatable bonds is 17. The normalized spacial score (nSPS) is 12.6. The van der Waals surface area contributed by atoms with E-state index in [1.54, 1.807) is 0 Å². The van der Waals surface area contributed by atoms with Gasteiger partial charge in [0.15, 0.2) is 0 Å². The molecule has 0 aliphatic rings. The largest absolute Gasteiger partial charge is 0.422 e. The second-order valence-corrected chi connectivity index (χ2v) is 19.4. The van der Waals surface area contributed by atoms with E-state index in [0.29, 0.717) is 34.5 Å². The van der Waals surface area contributed by atoms with Crippen LogP contribution in [0.4, 0.5) is 0 Å². The van der Waals surface area contributed by atoms with Crippen LogP contribution >= 0.6 is 0 Å². The lowest BCUT2D eigenvalue weighted by molar-refractivity contribution is 0.0730. The van der Waals surface area contributed by atoms with Crippen molar-refractivity contribution < 1.29 is 19.1 Å². The fraction of sp³-hybridized carbons (Fsp3) is 0.242. The van der Waals surface area contributed by atoms with Crippen LogP contribution < -0.4 is 9.47 Å². The summed E-state index contributed by atoms with van der Waals surface area (Å²) in [5, 5.41) is 11.6. The zero-order valence-electron chi connectivity index (χ0n) is 41.0. The Morgan fingerprint density at radius 3 is 1.16 bits per heavy atom. The molecule has 0 radical (unpaired) electrons. The third-order valence-electron chi connectivity index (χ3n) is 14.8. The van der Waals surface area contributed by atoms with E-state index in [2.05, 4.69) is 113 Å². The summed E-state index contributed by atoms with van der Waals surface area (Å²) in [5.41, 5.74) is 5.67. The zero-order valence-corrected chi connectivity index (χ0v) is 41.0. The van der Waals surface area contributed by atoms with Gasteiger partial charge in [0.05, 0.1) is 11.1 Å². The molecule has 0 bridgehead atoms. The van der Waals surface area contributed by atoms with Crippen molar-refractivity contribution in [2.45, 2.75) is 91.9 Å². The SMILES string of the molecule is CCCCC(CC)Cc1ccc2c(OC(=O)c3ccc4ccccc4c3)c3ccccc3c(-c3c4ccccc4c(OC(=O)c4ccc5ccccc5c4)c4ccc(CC(CC)CCCC)cc34)c2c1. The molecule has 0 N–H and O–H groups in total. The van der Waals surface area contributed by atoms with Crippen molar-refractivity contribution in [3.05, 3.63) is 192 Å². The van der Waals surface area contributed by atoms with Crippen LogP contribution in [0.15, 0.2) is 170 Å². The summed E-state index contributed by atoms with van der Waals surface area (Å²) < 4.78 is 13.4. The quantitative estimate of drug-likeness (QED) is 0.0519. The van der Waals surface area contributed by atoms with Crippen molar-refractivity contribution in [2.75, 3.05) is 0 Å². The van der Waals surface area contributed by atoms with E-state index < -0.39 is 11.9 Å². The van der Waals surface area contributed by atoms with Gasteiger partial charge in [0.2, 0.25) is 0 Å². The van der Waals surface area contributed by atoms with E-state index in [0.717, 1.165) is 101 Å². The number of carbonyl (C=O) groups excluding carboxylic acids is 2. The third kappa shape index (κ3) is 9.28. The third-order valence-corrected chi connectivity index (χ3v) is 14.8. The zero-order chi connectivity index (χ0) is 48.1. The van der Waals surface area contributed by atoms with Crippen LogP contribution in [0.5, 0.6) is 11.5 Å². The summed E-state index contributed by atoms with van der Waals surface area (Å²) >= 11 is 0. The molecule has 4 heteroatoms. The summed E-state index contributed by atoms with van der Waals surface area (Å²) in [4.78, 5) is 28.9. The van der Waals surface area contributed by atoms with Crippen LogP contribution in [0.2, 0.25) is 0 Å². The maximum Gasteiger partial charge on any atom is 0.343 e. The number of fused-ring (bicyclic) bond motifs is 6. The van der Waals surface area contributed by atoms with E-state index in [-0.39, 0.29) is 0 Å². The molecule has 0 amide bonds. The lowest BCUT2D eigenvalue weighted by Crippen LogP contribution is -2.10. The van der Waals surface area contributed by atoms with Crippen LogP contribution in [-0.4, -0.2) is 11.9 Å². The number of carbonyl (C=O) groups is 2. The summed E-state index contributed by atoms with van der Waals surface area (Å²) in [6, 6.07) is 58.1. The van der Waals surface area contributed by atoms with Crippen molar-refractivity contribution in [2.24, 2.45) is 11.8 Å². The van der Waals surface area contributed by atoms with Crippen molar-refractivity contribution in [3.63, 3.8) is 0 Å². The molecule has 0 aliphatic carbocycles. The monoisotopic (exact) mass is 918 g/mol. The van der Waals surface area contributed by atoms with Crippen molar-refractivity contribution in [1.82, 2.24) is 0 Å². The Hall–Kier alpha value is -7.30. The van der Waals surface area contributed by atoms with Gasteiger partial charge in [0, 0.05) is 21.5 Å². The van der Waals surface area contributed by atoms with Gasteiger partial charge in [0.1, 0.15) is 11.5 Å². The fourth-order valence-electron chi connectivity index (χ4n) is 10.9. The Kier molecular flexibility index (Phi) is 13.8. The number of hydrogen-bond donors (Lipinski definition) is 0. The smallest absolute Gasteiger partial charge is 0.343 e. The summed E-state index contributed by atoms with van der Waals surface area (Å²) in [7, 11) is 0. The van der Waals surface area contributed by atoms with Gasteiger partial charge in [-0.25, -0.2) is 9.59 Å². The molecule has 2 atom stereocenters. The topological polar surface area (TPSA) is 52.6 Å². The van der Waals surface area contributed by atoms with E-state index in [9.17, 15) is 9.59 Å². The standard InChI is InChI=1S/C66H62O4/c1-5-9-19-43(7-3)37-45-29-35-57-59(39-45)61(53-25-15-17-27-55(53)63(57)69-65(67)51-33-31-47-21-11-13-23-49(47)41-51)62-54-26-16-18-28-56(54)64(70-66(68)52-34-32-48-22-12-14-24-50(48)42-52)58-36-30-46(40-60(58)62)38-44(8-4)20-10-6-2/h11-18,21-36,39-44H,5-10,19-20,37-38H2,1-4H3. The molecule has 0 heterocycles. The number of ether oxygens (including phenoxy) is 2. The maximum absolute atomic E-state index is 14.4. The first-order chi connectivity index (χ1) is 34.3. The van der Waals surface area contributed by atoms with Crippen molar-refractivity contribution >= 4 is 76.6 Å². The van der Waals surface area contributed by atoms with E-state index >= 15 is 0 Å². The summed E-state index contributed by atoms with van der Waals surface area (Å²) in [6.07, 6.45) is 11.2. The van der Waals surface area contributed by atoms with Crippen LogP contribution in [0.1, 0.15) is 111 Å². The minimum absolute atomic E-state index is 0.397. The highest BCUT2D eigenvalue weighted by atomic mass is 16.5. The molecular formula is C66H62O4. The highest BCUT2D eigenvalue weighted by molar-refractivity contribution is 6.27. The van der Waals surface area contributed by atoms with E-state index in [4.69, 9.17) is 9.47 Å². The molecule has 0 fully saturated rings. The predicted molar refractivity (Wildman–Crippen MR) is 294 cm³/mol. The lowest BCUT2D eigenvalue weighted by atomic mass is 9.83. The molecule has 0 spiro atoms. The fourth-order valence-corrected chi connectivity index (χ4v) is 10.9. The average molecular weight is 919 g/mol. The predicted octanol–water partition coefficient (Wildman–Crippen LogP) is 18.2. The van der Waals surface area contributed by atoms with Crippen LogP contribution in [-0.2, 0) is 12.8 Å². The maximum atomic E-state index is 14.4. The first-order valence-electron chi connectivity index (χ1n) is 25.7. The number of hydrogen-bond acceptors (Lipinski definition) is 4.